The van der Waals surface area contributed by atoms with Gasteiger partial charge in [0, 0.05) is 11.1 Å². The smallest absolute Gasteiger partial charge is 0.294 e. The molecule has 2 aromatic heterocycles. The Labute approximate surface area is 202 Å². The number of hydrogen-bond acceptors (Lipinski definition) is 6. The molecule has 0 bridgehead atoms. The summed E-state index contributed by atoms with van der Waals surface area (Å²) in [4.78, 5) is 28.3. The molecule has 0 saturated carbocycles. The number of carbonyl (C=O) groups is 2. The zero-order valence-corrected chi connectivity index (χ0v) is 19.9. The topological polar surface area (TPSA) is 93.1 Å². The van der Waals surface area contributed by atoms with Crippen molar-refractivity contribution >= 4 is 28.3 Å². The van der Waals surface area contributed by atoms with Crippen molar-refractivity contribution in [2.75, 3.05) is 12.0 Å². The Morgan fingerprint density at radius 1 is 1.06 bits per heavy atom. The molecule has 1 atom stereocenters. The fourth-order valence-electron chi connectivity index (χ4n) is 4.38. The van der Waals surface area contributed by atoms with Crippen LogP contribution in [0.25, 0.3) is 11.0 Å². The van der Waals surface area contributed by atoms with Crippen molar-refractivity contribution in [3.63, 3.8) is 0 Å². The van der Waals surface area contributed by atoms with Crippen LogP contribution in [0.15, 0.2) is 87.1 Å². The van der Waals surface area contributed by atoms with Gasteiger partial charge in [0.1, 0.15) is 11.8 Å². The summed E-state index contributed by atoms with van der Waals surface area (Å²) >= 11 is 0. The molecule has 0 spiro atoms. The van der Waals surface area contributed by atoms with Gasteiger partial charge in [-0.05, 0) is 47.4 Å². The number of benzene rings is 2. The van der Waals surface area contributed by atoms with Gasteiger partial charge in [0.2, 0.25) is 5.78 Å². The lowest BCUT2D eigenvalue weighted by molar-refractivity contribution is -0.117. The van der Waals surface area contributed by atoms with Crippen LogP contribution in [-0.4, -0.2) is 23.9 Å². The van der Waals surface area contributed by atoms with E-state index in [1.165, 1.54) is 18.3 Å². The van der Waals surface area contributed by atoms with Crippen molar-refractivity contribution in [2.45, 2.75) is 32.2 Å². The lowest BCUT2D eigenvalue weighted by atomic mass is 9.87. The zero-order valence-electron chi connectivity index (χ0n) is 19.9. The van der Waals surface area contributed by atoms with Gasteiger partial charge in [-0.25, -0.2) is 0 Å². The van der Waals surface area contributed by atoms with E-state index in [2.05, 4.69) is 20.8 Å². The van der Waals surface area contributed by atoms with Crippen molar-refractivity contribution in [3.05, 3.63) is 95.3 Å². The molecular weight excluding hydrogens is 446 g/mol. The molecule has 178 valence electrons. The van der Waals surface area contributed by atoms with Crippen molar-refractivity contribution < 1.29 is 28.3 Å². The molecule has 1 aliphatic heterocycles. The highest BCUT2D eigenvalue weighted by Crippen LogP contribution is 2.43. The first-order chi connectivity index (χ1) is 16.7. The molecule has 3 heterocycles. The number of amides is 1. The molecule has 2 aromatic carbocycles. The third kappa shape index (κ3) is 3.69. The number of ketones is 1. The van der Waals surface area contributed by atoms with E-state index in [4.69, 9.17) is 13.6 Å². The van der Waals surface area contributed by atoms with Crippen LogP contribution in [0.3, 0.4) is 0 Å². The minimum Gasteiger partial charge on any atom is -0.503 e. The van der Waals surface area contributed by atoms with Crippen LogP contribution in [0.4, 0.5) is 5.69 Å². The van der Waals surface area contributed by atoms with Crippen LogP contribution in [-0.2, 0) is 10.2 Å². The van der Waals surface area contributed by atoms with E-state index in [0.29, 0.717) is 28.2 Å². The number of fused-ring (bicyclic) bond motifs is 1. The minimum atomic E-state index is -0.958. The van der Waals surface area contributed by atoms with E-state index in [1.807, 2.05) is 12.1 Å². The van der Waals surface area contributed by atoms with Crippen molar-refractivity contribution in [1.82, 2.24) is 0 Å². The maximum absolute atomic E-state index is 13.7. The highest BCUT2D eigenvalue weighted by molar-refractivity contribution is 6.20. The van der Waals surface area contributed by atoms with Crippen LogP contribution in [0, 0.1) is 0 Å². The van der Waals surface area contributed by atoms with E-state index in [0.717, 1.165) is 5.56 Å². The number of Topliss-reactive ketones (excluding diaryl/α,β-unsaturated/α-hetero) is 1. The standard InChI is InChI=1S/C28H25NO6/c1-28(2,3)17-10-12-18(13-11-17)29-23(19-9-6-14-34-19)22(25(31)27(29)32)24(30)21-15-16-7-5-8-20(33-4)26(16)35-21/h5-15,23,31H,1-4H3. The average molecular weight is 472 g/mol. The van der Waals surface area contributed by atoms with Crippen LogP contribution in [0.2, 0.25) is 0 Å². The molecule has 1 amide bonds. The summed E-state index contributed by atoms with van der Waals surface area (Å²) in [6.45, 7) is 6.30. The molecule has 7 heteroatoms. The maximum atomic E-state index is 13.7. The van der Waals surface area contributed by atoms with E-state index >= 15 is 0 Å². The molecule has 1 unspecified atom stereocenters. The number of aliphatic hydroxyl groups is 1. The quantitative estimate of drug-likeness (QED) is 0.353. The van der Waals surface area contributed by atoms with Gasteiger partial charge in [-0.15, -0.1) is 0 Å². The fourth-order valence-corrected chi connectivity index (χ4v) is 4.38. The van der Waals surface area contributed by atoms with E-state index in [1.54, 1.807) is 48.5 Å². The number of aliphatic hydroxyl groups excluding tert-OH is 1. The summed E-state index contributed by atoms with van der Waals surface area (Å²) in [6, 6.07) is 16.7. The highest BCUT2D eigenvalue weighted by Gasteiger charge is 2.46. The van der Waals surface area contributed by atoms with Gasteiger partial charge in [0.25, 0.3) is 5.91 Å². The number of hydrogen-bond donors (Lipinski definition) is 1. The first kappa shape index (κ1) is 22.5. The Balaban J connectivity index is 1.60. The fraction of sp³-hybridized carbons (Fsp3) is 0.214. The van der Waals surface area contributed by atoms with Crippen LogP contribution in [0.1, 0.15) is 48.7 Å². The van der Waals surface area contributed by atoms with E-state index in [-0.39, 0.29) is 16.7 Å². The molecule has 35 heavy (non-hydrogen) atoms. The second kappa shape index (κ2) is 8.20. The first-order valence-corrected chi connectivity index (χ1v) is 11.2. The monoisotopic (exact) mass is 471 g/mol. The number of methoxy groups -OCH3 is 1. The van der Waals surface area contributed by atoms with Gasteiger partial charge < -0.3 is 18.7 Å². The summed E-state index contributed by atoms with van der Waals surface area (Å²) < 4.78 is 16.8. The Hall–Kier alpha value is -4.26. The lowest BCUT2D eigenvalue weighted by Gasteiger charge is -2.26. The molecule has 0 aliphatic carbocycles. The maximum Gasteiger partial charge on any atom is 0.294 e. The Morgan fingerprint density at radius 2 is 1.80 bits per heavy atom. The van der Waals surface area contributed by atoms with Gasteiger partial charge in [-0.1, -0.05) is 45.0 Å². The average Bonchev–Trinajstić information content (AvgIpc) is 3.57. The third-order valence-electron chi connectivity index (χ3n) is 6.23. The SMILES string of the molecule is COc1cccc2cc(C(=O)C3=C(O)C(=O)N(c4ccc(C(C)(C)C)cc4)C3c3ccco3)oc12. The Bertz CT molecular complexity index is 1450. The number of ether oxygens (including phenoxy) is 1. The number of nitrogens with zero attached hydrogens (tertiary/aromatic N) is 1. The molecule has 4 aromatic rings. The van der Waals surface area contributed by atoms with Crippen LogP contribution >= 0.6 is 0 Å². The van der Waals surface area contributed by atoms with Crippen LogP contribution < -0.4 is 9.64 Å². The molecule has 0 fully saturated rings. The molecule has 0 saturated heterocycles. The molecule has 1 N–H and O–H groups in total. The van der Waals surface area contributed by atoms with Gasteiger partial charge >= 0.3 is 0 Å². The number of anilines is 1. The Morgan fingerprint density at radius 3 is 2.43 bits per heavy atom. The van der Waals surface area contributed by atoms with Gasteiger partial charge in [-0.3, -0.25) is 14.5 Å². The highest BCUT2D eigenvalue weighted by atomic mass is 16.5. The lowest BCUT2D eigenvalue weighted by Crippen LogP contribution is -2.30. The number of furan rings is 2. The first-order valence-electron chi connectivity index (χ1n) is 11.2. The van der Waals surface area contributed by atoms with Crippen LogP contribution in [0.5, 0.6) is 5.75 Å². The third-order valence-corrected chi connectivity index (χ3v) is 6.23. The largest absolute Gasteiger partial charge is 0.503 e. The summed E-state index contributed by atoms with van der Waals surface area (Å²) in [7, 11) is 1.51. The number of para-hydroxylation sites is 1. The van der Waals surface area contributed by atoms with E-state index in [9.17, 15) is 14.7 Å². The minimum absolute atomic E-state index is 0.0136. The van der Waals surface area contributed by atoms with Gasteiger partial charge in [-0.2, -0.15) is 0 Å². The summed E-state index contributed by atoms with van der Waals surface area (Å²) in [5.74, 6) is -1.12. The summed E-state index contributed by atoms with van der Waals surface area (Å²) in [5, 5.41) is 11.6. The second-order valence-electron chi connectivity index (χ2n) is 9.47. The number of rotatable bonds is 5. The second-order valence-corrected chi connectivity index (χ2v) is 9.47. The normalized spacial score (nSPS) is 16.4. The molecule has 0 radical (unpaired) electrons. The van der Waals surface area contributed by atoms with Crippen molar-refractivity contribution in [3.8, 4) is 5.75 Å². The summed E-state index contributed by atoms with van der Waals surface area (Å²) in [5.41, 5.74) is 1.85. The van der Waals surface area contributed by atoms with Crippen molar-refractivity contribution in [1.29, 1.82) is 0 Å². The van der Waals surface area contributed by atoms with Crippen molar-refractivity contribution in [2.24, 2.45) is 0 Å². The Kier molecular flexibility index (Phi) is 5.28. The molecule has 1 aliphatic rings. The molecular formula is C28H25NO6. The molecule has 5 rings (SSSR count). The van der Waals surface area contributed by atoms with Gasteiger partial charge in [0.15, 0.2) is 22.9 Å². The molecule has 7 nitrogen and oxygen atoms in total. The predicted octanol–water partition coefficient (Wildman–Crippen LogP) is 6.11. The summed E-state index contributed by atoms with van der Waals surface area (Å²) in [6.07, 6.45) is 1.46. The van der Waals surface area contributed by atoms with E-state index < -0.39 is 23.5 Å². The van der Waals surface area contributed by atoms with Gasteiger partial charge in [0.05, 0.1) is 18.9 Å². The predicted molar refractivity (Wildman–Crippen MR) is 131 cm³/mol. The zero-order chi connectivity index (χ0) is 24.9. The number of carbonyl (C=O) groups excluding carboxylic acids is 2.